The van der Waals surface area contributed by atoms with Crippen molar-refractivity contribution in [2.75, 3.05) is 45.5 Å². The predicted molar refractivity (Wildman–Crippen MR) is 115 cm³/mol. The van der Waals surface area contributed by atoms with Crippen LogP contribution in [0.3, 0.4) is 0 Å². The molecule has 0 aromatic carbocycles. The molecule has 0 bridgehead atoms. The van der Waals surface area contributed by atoms with Crippen LogP contribution in [-0.4, -0.2) is 57.5 Å². The van der Waals surface area contributed by atoms with E-state index in [1.165, 1.54) is 25.7 Å². The van der Waals surface area contributed by atoms with Crippen molar-refractivity contribution >= 4 is 17.5 Å². The molecule has 0 radical (unpaired) electrons. The molecule has 0 aliphatic heterocycles. The average Bonchev–Trinajstić information content (AvgIpc) is 2.67. The number of hydrogen-bond acceptors (Lipinski definition) is 4. The van der Waals surface area contributed by atoms with E-state index in [1.54, 1.807) is 0 Å². The van der Waals surface area contributed by atoms with Crippen LogP contribution >= 0.6 is 11.6 Å². The molecule has 6 heteroatoms. The topological polar surface area (TPSA) is 56.8 Å². The smallest absolute Gasteiger partial charge is 0.246 e. The molecule has 1 N–H and O–H groups in total. The quantitative estimate of drug-likeness (QED) is 0.297. The molecule has 1 amide bonds. The minimum absolute atomic E-state index is 0.0578. The van der Waals surface area contributed by atoms with Gasteiger partial charge in [0.25, 0.3) is 0 Å². The minimum Gasteiger partial charge on any atom is -0.379 e. The zero-order chi connectivity index (χ0) is 20.6. The van der Waals surface area contributed by atoms with Gasteiger partial charge in [0.05, 0.1) is 25.9 Å². The fourth-order valence-corrected chi connectivity index (χ4v) is 3.97. The third-order valence-corrected chi connectivity index (χ3v) is 5.77. The summed E-state index contributed by atoms with van der Waals surface area (Å²) < 4.78 is 17.0. The first-order chi connectivity index (χ1) is 13.5. The zero-order valence-electron chi connectivity index (χ0n) is 18.2. The average molecular weight is 420 g/mol. The lowest BCUT2D eigenvalue weighted by molar-refractivity contribution is -0.131. The lowest BCUT2D eigenvalue weighted by Gasteiger charge is -2.37. The lowest BCUT2D eigenvalue weighted by atomic mass is 9.75. The fourth-order valence-electron chi connectivity index (χ4n) is 3.78. The van der Waals surface area contributed by atoms with Crippen LogP contribution in [0.25, 0.3) is 0 Å². The maximum Gasteiger partial charge on any atom is 0.246 e. The number of amides is 1. The van der Waals surface area contributed by atoms with Crippen molar-refractivity contribution in [2.24, 2.45) is 17.8 Å². The van der Waals surface area contributed by atoms with E-state index in [0.29, 0.717) is 44.1 Å². The maximum absolute atomic E-state index is 12.0. The van der Waals surface area contributed by atoms with Crippen molar-refractivity contribution in [3.8, 4) is 0 Å². The summed E-state index contributed by atoms with van der Waals surface area (Å²) in [6.07, 6.45) is 8.23. The number of halogens is 1. The third kappa shape index (κ3) is 12.3. The van der Waals surface area contributed by atoms with Gasteiger partial charge in [-0.15, -0.1) is 11.6 Å². The molecule has 0 saturated heterocycles. The van der Waals surface area contributed by atoms with Crippen molar-refractivity contribution in [1.82, 2.24) is 5.32 Å². The van der Waals surface area contributed by atoms with Gasteiger partial charge >= 0.3 is 0 Å². The number of rotatable bonds is 16. The van der Waals surface area contributed by atoms with Crippen LogP contribution in [-0.2, 0) is 19.0 Å². The number of carbonyl (C=O) groups is 1. The molecule has 0 heterocycles. The Kier molecular flexibility index (Phi) is 15.1. The molecule has 1 fully saturated rings. The Morgan fingerprint density at radius 2 is 1.75 bits per heavy atom. The maximum atomic E-state index is 12.0. The second-order valence-electron chi connectivity index (χ2n) is 8.35. The van der Waals surface area contributed by atoms with Gasteiger partial charge in [0.15, 0.2) is 0 Å². The first-order valence-electron chi connectivity index (χ1n) is 11.1. The summed E-state index contributed by atoms with van der Waals surface area (Å²) in [4.78, 5) is 12.0. The highest BCUT2D eigenvalue weighted by molar-refractivity contribution is 6.17. The van der Waals surface area contributed by atoms with Gasteiger partial charge in [-0.2, -0.15) is 0 Å². The van der Waals surface area contributed by atoms with Gasteiger partial charge in [0.1, 0.15) is 6.61 Å². The summed E-state index contributed by atoms with van der Waals surface area (Å²) >= 11 is 5.64. The molecule has 28 heavy (non-hydrogen) atoms. The monoisotopic (exact) mass is 419 g/mol. The van der Waals surface area contributed by atoms with E-state index >= 15 is 0 Å². The Labute approximate surface area is 177 Å². The SMILES string of the molecule is CC(C)[C@H]1CC[C@@H](C)CC1OCC(=O)NCCOCCOCCCCCCCl. The van der Waals surface area contributed by atoms with E-state index in [1.807, 2.05) is 0 Å². The molecule has 5 nitrogen and oxygen atoms in total. The van der Waals surface area contributed by atoms with Gasteiger partial charge in [-0.05, 0) is 43.4 Å². The molecule has 0 aromatic rings. The molecular weight excluding hydrogens is 378 g/mol. The second-order valence-corrected chi connectivity index (χ2v) is 8.73. The Balaban J connectivity index is 1.96. The Morgan fingerprint density at radius 3 is 2.46 bits per heavy atom. The summed E-state index contributed by atoms with van der Waals surface area (Å²) in [5.41, 5.74) is 0. The lowest BCUT2D eigenvalue weighted by Crippen LogP contribution is -2.38. The van der Waals surface area contributed by atoms with Gasteiger partial charge < -0.3 is 19.5 Å². The van der Waals surface area contributed by atoms with Crippen LogP contribution in [0, 0.1) is 17.8 Å². The van der Waals surface area contributed by atoms with Crippen LogP contribution in [0.4, 0.5) is 0 Å². The normalized spacial score (nSPS) is 22.5. The van der Waals surface area contributed by atoms with Crippen LogP contribution in [0.15, 0.2) is 0 Å². The summed E-state index contributed by atoms with van der Waals surface area (Å²) in [6, 6.07) is 0. The molecule has 0 aromatic heterocycles. The van der Waals surface area contributed by atoms with Gasteiger partial charge in [0.2, 0.25) is 5.91 Å². The molecule has 1 rings (SSSR count). The number of unbranched alkanes of at least 4 members (excludes halogenated alkanes) is 3. The van der Waals surface area contributed by atoms with Crippen molar-refractivity contribution < 1.29 is 19.0 Å². The summed E-state index contributed by atoms with van der Waals surface area (Å²) in [6.45, 7) is 9.86. The number of ether oxygens (including phenoxy) is 3. The molecule has 1 aliphatic carbocycles. The Hall–Kier alpha value is -0.360. The standard InChI is InChI=1S/C22H42ClNO4/c1-18(2)20-9-8-19(3)16-21(20)28-17-22(25)24-11-13-27-15-14-26-12-7-5-4-6-10-23/h18-21H,4-17H2,1-3H3,(H,24,25)/t19-,20-,21?/m1/s1. The molecular formula is C22H42ClNO4. The zero-order valence-corrected chi connectivity index (χ0v) is 19.0. The molecule has 0 spiro atoms. The molecule has 166 valence electrons. The number of alkyl halides is 1. The number of nitrogens with one attached hydrogen (secondary N) is 1. The van der Waals surface area contributed by atoms with E-state index in [4.69, 9.17) is 25.8 Å². The van der Waals surface area contributed by atoms with E-state index in [-0.39, 0.29) is 18.6 Å². The van der Waals surface area contributed by atoms with Crippen molar-refractivity contribution in [3.05, 3.63) is 0 Å². The summed E-state index contributed by atoms with van der Waals surface area (Å²) in [5.74, 6) is 2.53. The van der Waals surface area contributed by atoms with Gasteiger partial charge in [-0.25, -0.2) is 0 Å². The van der Waals surface area contributed by atoms with E-state index < -0.39 is 0 Å². The highest BCUT2D eigenvalue weighted by atomic mass is 35.5. The van der Waals surface area contributed by atoms with Crippen LogP contribution < -0.4 is 5.32 Å². The van der Waals surface area contributed by atoms with E-state index in [9.17, 15) is 4.79 Å². The van der Waals surface area contributed by atoms with E-state index in [2.05, 4.69) is 26.1 Å². The Morgan fingerprint density at radius 1 is 1.04 bits per heavy atom. The predicted octanol–water partition coefficient (Wildman–Crippen LogP) is 4.41. The summed E-state index contributed by atoms with van der Waals surface area (Å²) in [5, 5.41) is 2.87. The van der Waals surface area contributed by atoms with Crippen molar-refractivity contribution in [2.45, 2.75) is 71.8 Å². The highest BCUT2D eigenvalue weighted by Gasteiger charge is 2.31. The van der Waals surface area contributed by atoms with Crippen LogP contribution in [0.1, 0.15) is 65.7 Å². The number of carbonyl (C=O) groups excluding carboxylic acids is 1. The fraction of sp³-hybridized carbons (Fsp3) is 0.955. The molecule has 3 atom stereocenters. The first kappa shape index (κ1) is 25.7. The second kappa shape index (κ2) is 16.4. The first-order valence-corrected chi connectivity index (χ1v) is 11.7. The largest absolute Gasteiger partial charge is 0.379 e. The van der Waals surface area contributed by atoms with Gasteiger partial charge in [-0.3, -0.25) is 4.79 Å². The van der Waals surface area contributed by atoms with E-state index in [0.717, 1.165) is 31.7 Å². The van der Waals surface area contributed by atoms with Crippen LogP contribution in [0.5, 0.6) is 0 Å². The highest BCUT2D eigenvalue weighted by Crippen LogP contribution is 2.35. The minimum atomic E-state index is -0.0578. The molecule has 1 unspecified atom stereocenters. The summed E-state index contributed by atoms with van der Waals surface area (Å²) in [7, 11) is 0. The van der Waals surface area contributed by atoms with Crippen molar-refractivity contribution in [1.29, 1.82) is 0 Å². The Bertz CT molecular complexity index is 395. The van der Waals surface area contributed by atoms with Gasteiger partial charge in [0, 0.05) is 19.0 Å². The van der Waals surface area contributed by atoms with Gasteiger partial charge in [-0.1, -0.05) is 40.0 Å². The third-order valence-electron chi connectivity index (χ3n) is 5.50. The van der Waals surface area contributed by atoms with Crippen LogP contribution in [0.2, 0.25) is 0 Å². The number of hydrogen-bond donors (Lipinski definition) is 1. The molecule has 1 aliphatic rings. The molecule has 1 saturated carbocycles. The van der Waals surface area contributed by atoms with Crippen molar-refractivity contribution in [3.63, 3.8) is 0 Å².